The monoisotopic (exact) mass is 494 g/mol. The van der Waals surface area contributed by atoms with E-state index >= 15 is 0 Å². The van der Waals surface area contributed by atoms with Crippen LogP contribution in [0.3, 0.4) is 0 Å². The number of amides is 1. The number of hydrogen-bond donors (Lipinski definition) is 1. The van der Waals surface area contributed by atoms with E-state index in [4.69, 9.17) is 0 Å². The van der Waals surface area contributed by atoms with Crippen molar-refractivity contribution >= 4 is 11.7 Å². The summed E-state index contributed by atoms with van der Waals surface area (Å²) in [4.78, 5) is 33.4. The van der Waals surface area contributed by atoms with Crippen molar-refractivity contribution in [3.8, 4) is 0 Å². The van der Waals surface area contributed by atoms with Crippen LogP contribution in [0.1, 0.15) is 40.4 Å². The number of nitro groups is 1. The molecule has 0 saturated carbocycles. The van der Waals surface area contributed by atoms with E-state index in [1.54, 1.807) is 0 Å². The minimum Gasteiger partial charge on any atom is -0.352 e. The van der Waals surface area contributed by atoms with Crippen LogP contribution in [-0.4, -0.2) is 29.3 Å². The summed E-state index contributed by atoms with van der Waals surface area (Å²) >= 11 is 0. The van der Waals surface area contributed by atoms with Gasteiger partial charge in [-0.05, 0) is 23.3 Å². The molecule has 1 unspecified atom stereocenters. The molecule has 0 heterocycles. The Morgan fingerprint density at radius 3 is 2.06 bits per heavy atom. The third-order valence-electron chi connectivity index (χ3n) is 5.05. The highest BCUT2D eigenvalue weighted by Crippen LogP contribution is 2.46. The minimum absolute atomic E-state index is 0.0629. The Balaban J connectivity index is 2.55. The maximum atomic E-state index is 14.2. The van der Waals surface area contributed by atoms with Gasteiger partial charge >= 0.3 is 12.4 Å². The summed E-state index contributed by atoms with van der Waals surface area (Å²) in [5.41, 5.74) is -6.76. The zero-order valence-electron chi connectivity index (χ0n) is 17.4. The molecule has 0 radical (unpaired) electrons. The Kier molecular flexibility index (Phi) is 7.69. The van der Waals surface area contributed by atoms with Crippen LogP contribution in [0, 0.1) is 15.9 Å². The topological polar surface area (TPSA) is 89.3 Å². The molecule has 1 amide bonds. The number of ketones is 1. The molecule has 0 aromatic heterocycles. The minimum atomic E-state index is -5.54. The van der Waals surface area contributed by atoms with Gasteiger partial charge in [-0.3, -0.25) is 19.7 Å². The Morgan fingerprint density at radius 1 is 1.00 bits per heavy atom. The van der Waals surface area contributed by atoms with Gasteiger partial charge < -0.3 is 5.32 Å². The van der Waals surface area contributed by atoms with Crippen molar-refractivity contribution in [1.29, 1.82) is 0 Å². The predicted molar refractivity (Wildman–Crippen MR) is 104 cm³/mol. The molecule has 0 saturated heterocycles. The van der Waals surface area contributed by atoms with Crippen molar-refractivity contribution in [2.75, 3.05) is 6.54 Å². The van der Waals surface area contributed by atoms with Crippen LogP contribution in [0.5, 0.6) is 0 Å². The quantitative estimate of drug-likeness (QED) is 0.246. The van der Waals surface area contributed by atoms with Crippen LogP contribution < -0.4 is 5.32 Å². The number of Topliss-reactive ketones (excluding diaryl/α,β-unsaturated/α-hetero) is 1. The second kappa shape index (κ2) is 9.77. The van der Waals surface area contributed by atoms with Gasteiger partial charge in [-0.25, -0.2) is 4.39 Å². The molecule has 2 rings (SSSR count). The zero-order valence-corrected chi connectivity index (χ0v) is 17.4. The molecular formula is C21H17F7N2O4. The van der Waals surface area contributed by atoms with Gasteiger partial charge in [0.05, 0.1) is 5.56 Å². The molecule has 13 heteroatoms. The maximum absolute atomic E-state index is 14.2. The van der Waals surface area contributed by atoms with E-state index in [0.717, 1.165) is 12.1 Å². The lowest BCUT2D eigenvalue weighted by Gasteiger charge is -2.32. The van der Waals surface area contributed by atoms with E-state index in [9.17, 15) is 50.4 Å². The largest absolute Gasteiger partial charge is 0.419 e. The van der Waals surface area contributed by atoms with E-state index in [0.29, 0.717) is 11.6 Å². The molecule has 0 aliphatic heterocycles. The maximum Gasteiger partial charge on any atom is 0.419 e. The lowest BCUT2D eigenvalue weighted by Crippen LogP contribution is -2.49. The van der Waals surface area contributed by atoms with Crippen molar-refractivity contribution in [3.05, 3.63) is 80.6 Å². The summed E-state index contributed by atoms with van der Waals surface area (Å²) in [6.45, 7) is -0.636. The normalized spacial score (nSPS) is 13.8. The molecule has 1 N–H and O–H groups in total. The van der Waals surface area contributed by atoms with Crippen LogP contribution >= 0.6 is 0 Å². The van der Waals surface area contributed by atoms with Gasteiger partial charge in [-0.1, -0.05) is 30.3 Å². The molecule has 2 aromatic carbocycles. The Bertz CT molecular complexity index is 1080. The van der Waals surface area contributed by atoms with Crippen LogP contribution in [-0.2, 0) is 22.9 Å². The SMILES string of the molecule is CC(=O)NCc1ccc(C(=O)CC(C[N+](=O)[O-])(c2ccc(F)c(C(F)(F)F)c2)C(F)(F)F)cc1. The number of carbonyl (C=O) groups excluding carboxylic acids is 2. The number of alkyl halides is 6. The van der Waals surface area contributed by atoms with Crippen LogP contribution in [0.2, 0.25) is 0 Å². The number of halogens is 7. The van der Waals surface area contributed by atoms with Crippen LogP contribution in [0.25, 0.3) is 0 Å². The first-order valence-electron chi connectivity index (χ1n) is 9.49. The molecule has 0 aliphatic carbocycles. The lowest BCUT2D eigenvalue weighted by atomic mass is 9.74. The molecule has 6 nitrogen and oxygen atoms in total. The first kappa shape index (κ1) is 26.7. The molecule has 184 valence electrons. The van der Waals surface area contributed by atoms with E-state index < -0.39 is 58.4 Å². The highest BCUT2D eigenvalue weighted by atomic mass is 19.4. The van der Waals surface area contributed by atoms with E-state index in [1.807, 2.05) is 0 Å². The Labute approximate surface area is 187 Å². The molecule has 0 aliphatic rings. The number of hydrogen-bond acceptors (Lipinski definition) is 4. The Hall–Kier alpha value is -3.51. The molecule has 0 bridgehead atoms. The number of nitrogens with zero attached hydrogens (tertiary/aromatic N) is 1. The summed E-state index contributed by atoms with van der Waals surface area (Å²) in [5.74, 6) is -3.45. The van der Waals surface area contributed by atoms with Crippen LogP contribution in [0.15, 0.2) is 42.5 Å². The average molecular weight is 494 g/mol. The first-order chi connectivity index (χ1) is 15.6. The highest BCUT2D eigenvalue weighted by molar-refractivity contribution is 5.97. The highest BCUT2D eigenvalue weighted by Gasteiger charge is 2.61. The van der Waals surface area contributed by atoms with E-state index in [2.05, 4.69) is 5.32 Å². The predicted octanol–water partition coefficient (Wildman–Crippen LogP) is 4.83. The molecular weight excluding hydrogens is 477 g/mol. The number of nitrogens with one attached hydrogen (secondary N) is 1. The second-order valence-electron chi connectivity index (χ2n) is 7.47. The molecule has 0 fully saturated rings. The third-order valence-corrected chi connectivity index (χ3v) is 5.05. The summed E-state index contributed by atoms with van der Waals surface area (Å²) in [6.07, 6.45) is -12.5. The van der Waals surface area contributed by atoms with Crippen molar-refractivity contribution < 1.29 is 45.2 Å². The summed E-state index contributed by atoms with van der Waals surface area (Å²) in [7, 11) is 0. The Morgan fingerprint density at radius 2 is 1.59 bits per heavy atom. The van der Waals surface area contributed by atoms with Crippen LogP contribution in [0.4, 0.5) is 30.7 Å². The van der Waals surface area contributed by atoms with Crippen molar-refractivity contribution in [2.24, 2.45) is 0 Å². The van der Waals surface area contributed by atoms with E-state index in [1.165, 1.54) is 19.1 Å². The van der Waals surface area contributed by atoms with Gasteiger partial charge in [0.15, 0.2) is 11.2 Å². The number of benzene rings is 2. The zero-order chi connectivity index (χ0) is 25.9. The van der Waals surface area contributed by atoms with Gasteiger partial charge in [0, 0.05) is 30.4 Å². The molecule has 0 spiro atoms. The smallest absolute Gasteiger partial charge is 0.352 e. The van der Waals surface area contributed by atoms with Gasteiger partial charge in [-0.2, -0.15) is 26.3 Å². The molecule has 1 atom stereocenters. The fourth-order valence-electron chi connectivity index (χ4n) is 3.27. The number of carbonyl (C=O) groups is 2. The average Bonchev–Trinajstić information content (AvgIpc) is 2.70. The fraction of sp³-hybridized carbons (Fsp3) is 0.333. The third kappa shape index (κ3) is 6.08. The molecule has 34 heavy (non-hydrogen) atoms. The summed E-state index contributed by atoms with van der Waals surface area (Å²) < 4.78 is 95.6. The van der Waals surface area contributed by atoms with Crippen molar-refractivity contribution in [3.63, 3.8) is 0 Å². The molecule has 2 aromatic rings. The van der Waals surface area contributed by atoms with Crippen molar-refractivity contribution in [2.45, 2.75) is 37.7 Å². The van der Waals surface area contributed by atoms with Crippen molar-refractivity contribution in [1.82, 2.24) is 5.32 Å². The standard InChI is InChI=1S/C21H17F7N2O4/c1-12(31)29-10-13-2-4-14(5-3-13)18(32)9-19(11-30(33)34,21(26,27)28)15-6-7-17(22)16(8-15)20(23,24)25/h2-8H,9-11H2,1H3,(H,29,31). The number of rotatable bonds is 8. The van der Waals surface area contributed by atoms with Gasteiger partial charge in [0.25, 0.3) is 0 Å². The lowest BCUT2D eigenvalue weighted by molar-refractivity contribution is -0.501. The van der Waals surface area contributed by atoms with E-state index in [-0.39, 0.29) is 30.1 Å². The van der Waals surface area contributed by atoms with Gasteiger partial charge in [0.2, 0.25) is 12.5 Å². The summed E-state index contributed by atoms with van der Waals surface area (Å²) in [5, 5.41) is 13.6. The first-order valence-corrected chi connectivity index (χ1v) is 9.49. The summed E-state index contributed by atoms with van der Waals surface area (Å²) in [6, 6.07) is 5.22. The second-order valence-corrected chi connectivity index (χ2v) is 7.47. The van der Waals surface area contributed by atoms with Gasteiger partial charge in [0.1, 0.15) is 5.82 Å². The van der Waals surface area contributed by atoms with Gasteiger partial charge in [-0.15, -0.1) is 0 Å². The fourth-order valence-corrected chi connectivity index (χ4v) is 3.27.